The highest BCUT2D eigenvalue weighted by molar-refractivity contribution is 5.01. The lowest BCUT2D eigenvalue weighted by molar-refractivity contribution is -0.167. The van der Waals surface area contributed by atoms with Crippen LogP contribution in [0.5, 0.6) is 0 Å². The van der Waals surface area contributed by atoms with Gasteiger partial charge in [-0.3, -0.25) is 0 Å². The molecule has 4 bridgehead atoms. The van der Waals surface area contributed by atoms with E-state index in [-0.39, 0.29) is 6.29 Å². The molecule has 4 aliphatic rings. The summed E-state index contributed by atoms with van der Waals surface area (Å²) in [5, 5.41) is 0. The van der Waals surface area contributed by atoms with Crippen molar-refractivity contribution >= 4 is 0 Å². The van der Waals surface area contributed by atoms with E-state index < -0.39 is 0 Å². The molecular weight excluding hydrogens is 200 g/mol. The van der Waals surface area contributed by atoms with Crippen molar-refractivity contribution in [2.45, 2.75) is 51.7 Å². The Hall–Kier alpha value is -0.0800. The van der Waals surface area contributed by atoms with Gasteiger partial charge in [-0.05, 0) is 68.6 Å². The molecule has 0 radical (unpaired) electrons. The van der Waals surface area contributed by atoms with Crippen LogP contribution in [0.1, 0.15) is 45.4 Å². The van der Waals surface area contributed by atoms with Crippen molar-refractivity contribution in [1.29, 1.82) is 0 Å². The van der Waals surface area contributed by atoms with Crippen LogP contribution >= 0.6 is 0 Å². The van der Waals surface area contributed by atoms with E-state index in [0.29, 0.717) is 5.41 Å². The molecule has 0 aliphatic heterocycles. The zero-order chi connectivity index (χ0) is 11.2. The number of hydrogen-bond donors (Lipinski definition) is 0. The molecule has 0 N–H and O–H groups in total. The first-order valence-electron chi connectivity index (χ1n) is 6.83. The van der Waals surface area contributed by atoms with Crippen molar-refractivity contribution in [2.75, 3.05) is 13.7 Å². The summed E-state index contributed by atoms with van der Waals surface area (Å²) in [6.45, 7) is 2.94. The molecule has 92 valence electrons. The fourth-order valence-electron chi connectivity index (χ4n) is 4.83. The standard InChI is InChI=1S/C14H24O2/c1-10(15-2)16-9-14-6-11-3-12(7-14)5-13(4-11)8-14/h10-13H,3-9H2,1-2H3. The molecule has 0 aromatic heterocycles. The minimum absolute atomic E-state index is 0.0343. The highest BCUT2D eigenvalue weighted by atomic mass is 16.7. The molecule has 4 aliphatic carbocycles. The van der Waals surface area contributed by atoms with Crippen LogP contribution < -0.4 is 0 Å². The molecule has 0 saturated heterocycles. The van der Waals surface area contributed by atoms with Crippen LogP contribution in [-0.2, 0) is 9.47 Å². The van der Waals surface area contributed by atoms with Crippen LogP contribution in [-0.4, -0.2) is 20.0 Å². The molecule has 1 atom stereocenters. The Balaban J connectivity index is 1.64. The Bertz CT molecular complexity index is 226. The van der Waals surface area contributed by atoms with Crippen molar-refractivity contribution in [1.82, 2.24) is 0 Å². The zero-order valence-corrected chi connectivity index (χ0v) is 10.6. The van der Waals surface area contributed by atoms with Crippen LogP contribution in [0.15, 0.2) is 0 Å². The molecule has 2 heteroatoms. The third kappa shape index (κ3) is 1.91. The van der Waals surface area contributed by atoms with Crippen LogP contribution in [0.4, 0.5) is 0 Å². The lowest BCUT2D eigenvalue weighted by Gasteiger charge is -2.56. The fourth-order valence-corrected chi connectivity index (χ4v) is 4.83. The van der Waals surface area contributed by atoms with Crippen LogP contribution in [0.25, 0.3) is 0 Å². The smallest absolute Gasteiger partial charge is 0.154 e. The molecule has 0 aromatic rings. The monoisotopic (exact) mass is 224 g/mol. The summed E-state index contributed by atoms with van der Waals surface area (Å²) in [6.07, 6.45) is 8.78. The zero-order valence-electron chi connectivity index (χ0n) is 10.6. The Kier molecular flexibility index (Phi) is 2.75. The Morgan fingerprint density at radius 3 is 2.00 bits per heavy atom. The predicted octanol–water partition coefficient (Wildman–Crippen LogP) is 3.21. The van der Waals surface area contributed by atoms with Gasteiger partial charge in [-0.25, -0.2) is 0 Å². The molecule has 0 heterocycles. The summed E-state index contributed by atoms with van der Waals surface area (Å²) in [7, 11) is 1.73. The van der Waals surface area contributed by atoms with E-state index in [1.54, 1.807) is 7.11 Å². The van der Waals surface area contributed by atoms with Gasteiger partial charge < -0.3 is 9.47 Å². The Labute approximate surface area is 98.7 Å². The summed E-state index contributed by atoms with van der Waals surface area (Å²) in [6, 6.07) is 0. The third-order valence-corrected chi connectivity index (χ3v) is 5.12. The maximum atomic E-state index is 5.85. The lowest BCUT2D eigenvalue weighted by atomic mass is 9.50. The number of rotatable bonds is 4. The minimum Gasteiger partial charge on any atom is -0.356 e. The van der Waals surface area contributed by atoms with E-state index in [4.69, 9.17) is 9.47 Å². The molecule has 4 rings (SSSR count). The summed E-state index contributed by atoms with van der Waals surface area (Å²) in [5.74, 6) is 3.06. The fraction of sp³-hybridized carbons (Fsp3) is 1.00. The summed E-state index contributed by atoms with van der Waals surface area (Å²) < 4.78 is 11.0. The highest BCUT2D eigenvalue weighted by Gasteiger charge is 2.50. The molecule has 4 saturated carbocycles. The first-order chi connectivity index (χ1) is 7.69. The van der Waals surface area contributed by atoms with Gasteiger partial charge in [0.05, 0.1) is 6.61 Å². The van der Waals surface area contributed by atoms with Gasteiger partial charge in [-0.1, -0.05) is 0 Å². The van der Waals surface area contributed by atoms with Crippen molar-refractivity contribution < 1.29 is 9.47 Å². The van der Waals surface area contributed by atoms with E-state index in [2.05, 4.69) is 0 Å². The normalized spacial score (nSPS) is 47.2. The van der Waals surface area contributed by atoms with Gasteiger partial charge >= 0.3 is 0 Å². The Morgan fingerprint density at radius 2 is 1.56 bits per heavy atom. The van der Waals surface area contributed by atoms with E-state index in [9.17, 15) is 0 Å². The molecule has 16 heavy (non-hydrogen) atoms. The molecule has 0 aromatic carbocycles. The van der Waals surface area contributed by atoms with E-state index in [1.165, 1.54) is 38.5 Å². The SMILES string of the molecule is COC(C)OCC12CC3CC(CC(C3)C1)C2. The molecule has 2 nitrogen and oxygen atoms in total. The van der Waals surface area contributed by atoms with Crippen molar-refractivity contribution in [3.8, 4) is 0 Å². The van der Waals surface area contributed by atoms with Crippen LogP contribution in [0.2, 0.25) is 0 Å². The number of methoxy groups -OCH3 is 1. The van der Waals surface area contributed by atoms with E-state index in [0.717, 1.165) is 24.4 Å². The van der Waals surface area contributed by atoms with Gasteiger partial charge in [0.2, 0.25) is 0 Å². The minimum atomic E-state index is -0.0343. The Morgan fingerprint density at radius 1 is 1.06 bits per heavy atom. The maximum Gasteiger partial charge on any atom is 0.154 e. The molecular formula is C14H24O2. The summed E-state index contributed by atoms with van der Waals surface area (Å²) in [4.78, 5) is 0. The van der Waals surface area contributed by atoms with E-state index >= 15 is 0 Å². The van der Waals surface area contributed by atoms with Gasteiger partial charge in [-0.15, -0.1) is 0 Å². The van der Waals surface area contributed by atoms with Gasteiger partial charge in [-0.2, -0.15) is 0 Å². The first-order valence-corrected chi connectivity index (χ1v) is 6.83. The van der Waals surface area contributed by atoms with Gasteiger partial charge in [0, 0.05) is 7.11 Å². The van der Waals surface area contributed by atoms with E-state index in [1.807, 2.05) is 6.92 Å². The van der Waals surface area contributed by atoms with Crippen molar-refractivity contribution in [3.05, 3.63) is 0 Å². The highest BCUT2D eigenvalue weighted by Crippen LogP contribution is 2.60. The topological polar surface area (TPSA) is 18.5 Å². The summed E-state index contributed by atoms with van der Waals surface area (Å²) >= 11 is 0. The largest absolute Gasteiger partial charge is 0.356 e. The second kappa shape index (κ2) is 3.99. The quantitative estimate of drug-likeness (QED) is 0.683. The third-order valence-electron chi connectivity index (χ3n) is 5.12. The molecule has 1 unspecified atom stereocenters. The average Bonchev–Trinajstić information content (AvgIpc) is 2.24. The van der Waals surface area contributed by atoms with Gasteiger partial charge in [0.15, 0.2) is 6.29 Å². The van der Waals surface area contributed by atoms with Crippen molar-refractivity contribution in [2.24, 2.45) is 23.2 Å². The molecule has 0 spiro atoms. The lowest BCUT2D eigenvalue weighted by Crippen LogP contribution is -2.48. The van der Waals surface area contributed by atoms with Crippen LogP contribution in [0, 0.1) is 23.2 Å². The van der Waals surface area contributed by atoms with Crippen molar-refractivity contribution in [3.63, 3.8) is 0 Å². The maximum absolute atomic E-state index is 5.85. The predicted molar refractivity (Wildman–Crippen MR) is 63.0 cm³/mol. The first kappa shape index (κ1) is 11.0. The molecule has 0 amide bonds. The number of hydrogen-bond acceptors (Lipinski definition) is 2. The summed E-state index contributed by atoms with van der Waals surface area (Å²) in [5.41, 5.74) is 0.529. The second-order valence-electron chi connectivity index (χ2n) is 6.53. The average molecular weight is 224 g/mol. The van der Waals surface area contributed by atoms with Gasteiger partial charge in [0.25, 0.3) is 0 Å². The second-order valence-corrected chi connectivity index (χ2v) is 6.53. The molecule has 4 fully saturated rings. The number of ether oxygens (including phenoxy) is 2. The van der Waals surface area contributed by atoms with Crippen LogP contribution in [0.3, 0.4) is 0 Å². The van der Waals surface area contributed by atoms with Gasteiger partial charge in [0.1, 0.15) is 0 Å².